The minimum absolute atomic E-state index is 0.208. The van der Waals surface area contributed by atoms with Crippen LogP contribution in [-0.2, 0) is 30.4 Å². The van der Waals surface area contributed by atoms with Gasteiger partial charge in [-0.15, -0.1) is 0 Å². The number of aliphatic hydroxyl groups excluding tert-OH is 1. The summed E-state index contributed by atoms with van der Waals surface area (Å²) in [6.07, 6.45) is 1.30. The van der Waals surface area contributed by atoms with E-state index in [2.05, 4.69) is 15.5 Å². The van der Waals surface area contributed by atoms with Crippen LogP contribution in [0.25, 0.3) is 0 Å². The summed E-state index contributed by atoms with van der Waals surface area (Å²) in [6, 6.07) is 8.23. The van der Waals surface area contributed by atoms with Crippen molar-refractivity contribution in [2.75, 3.05) is 46.0 Å². The molecule has 5 rings (SSSR count). The van der Waals surface area contributed by atoms with E-state index in [0.29, 0.717) is 52.1 Å². The number of hydrogen-bond acceptors (Lipinski definition) is 7. The number of benzene rings is 1. The second kappa shape index (κ2) is 11.9. The van der Waals surface area contributed by atoms with Crippen LogP contribution in [0.4, 0.5) is 0 Å². The molecule has 1 aromatic carbocycles. The van der Waals surface area contributed by atoms with E-state index in [0.717, 1.165) is 18.7 Å². The zero-order valence-electron chi connectivity index (χ0n) is 23.0. The number of aliphatic hydroxyl groups is 1. The van der Waals surface area contributed by atoms with Crippen molar-refractivity contribution in [3.63, 3.8) is 0 Å². The molecule has 0 saturated carbocycles. The van der Waals surface area contributed by atoms with Crippen LogP contribution in [0.5, 0.6) is 0 Å². The van der Waals surface area contributed by atoms with Gasteiger partial charge in [0.15, 0.2) is 0 Å². The van der Waals surface area contributed by atoms with Crippen LogP contribution in [0.2, 0.25) is 0 Å². The van der Waals surface area contributed by atoms with Gasteiger partial charge in [0.1, 0.15) is 11.6 Å². The van der Waals surface area contributed by atoms with Crippen molar-refractivity contribution in [2.24, 2.45) is 17.8 Å². The summed E-state index contributed by atoms with van der Waals surface area (Å²) < 4.78 is 11.9. The Morgan fingerprint density at radius 3 is 2.56 bits per heavy atom. The Hall–Kier alpha value is -2.53. The maximum Gasteiger partial charge on any atom is 0.245 e. The van der Waals surface area contributed by atoms with E-state index in [-0.39, 0.29) is 30.2 Å². The first-order valence-corrected chi connectivity index (χ1v) is 14.4. The number of rotatable bonds is 11. The summed E-state index contributed by atoms with van der Waals surface area (Å²) >= 11 is 0. The van der Waals surface area contributed by atoms with Gasteiger partial charge in [0.05, 0.1) is 43.8 Å². The fraction of sp³-hybridized carbons (Fsp3) is 0.690. The Labute approximate surface area is 230 Å². The molecule has 6 atom stereocenters. The molecule has 1 spiro atoms. The van der Waals surface area contributed by atoms with Crippen molar-refractivity contribution in [1.29, 1.82) is 0 Å². The lowest BCUT2D eigenvalue weighted by Crippen LogP contribution is -2.58. The second-order valence-electron chi connectivity index (χ2n) is 11.7. The fourth-order valence-electron chi connectivity index (χ4n) is 7.07. The third kappa shape index (κ3) is 5.44. The number of carbonyl (C=O) groups is 3. The van der Waals surface area contributed by atoms with Gasteiger partial charge >= 0.3 is 0 Å². The Bertz CT molecular complexity index is 1030. The summed E-state index contributed by atoms with van der Waals surface area (Å²) in [5.74, 6) is -1.95. The SMILES string of the molecule is CC(C)C[C@H](CO)N1C(=O)[C@@H]2[C@@H](C(=O)NCc3ccccc3)[C@H]3CCC2(O3)C1C(=O)NCCN1CCOCC1. The smallest absolute Gasteiger partial charge is 0.245 e. The van der Waals surface area contributed by atoms with Crippen molar-refractivity contribution in [2.45, 2.75) is 63.4 Å². The number of nitrogens with one attached hydrogen (secondary N) is 2. The van der Waals surface area contributed by atoms with Gasteiger partial charge in [-0.2, -0.15) is 0 Å². The van der Waals surface area contributed by atoms with Gasteiger partial charge < -0.3 is 30.1 Å². The number of amides is 3. The first-order valence-electron chi connectivity index (χ1n) is 14.4. The highest BCUT2D eigenvalue weighted by atomic mass is 16.5. The van der Waals surface area contributed by atoms with Crippen molar-refractivity contribution < 1.29 is 29.0 Å². The maximum atomic E-state index is 14.1. The van der Waals surface area contributed by atoms with Gasteiger partial charge in [-0.1, -0.05) is 44.2 Å². The fourth-order valence-corrected chi connectivity index (χ4v) is 7.07. The molecule has 39 heavy (non-hydrogen) atoms. The maximum absolute atomic E-state index is 14.1. The molecule has 1 aromatic rings. The topological polar surface area (TPSA) is 120 Å². The zero-order valence-corrected chi connectivity index (χ0v) is 23.0. The summed E-state index contributed by atoms with van der Waals surface area (Å²) in [5, 5.41) is 16.4. The summed E-state index contributed by atoms with van der Waals surface area (Å²) in [5.41, 5.74) is -0.0944. The van der Waals surface area contributed by atoms with Gasteiger partial charge in [-0.3, -0.25) is 19.3 Å². The minimum Gasteiger partial charge on any atom is -0.394 e. The minimum atomic E-state index is -1.07. The van der Waals surface area contributed by atoms with E-state index in [1.807, 2.05) is 44.2 Å². The molecule has 4 aliphatic rings. The summed E-state index contributed by atoms with van der Waals surface area (Å²) in [7, 11) is 0. The van der Waals surface area contributed by atoms with Crippen molar-refractivity contribution >= 4 is 17.7 Å². The predicted octanol–water partition coefficient (Wildman–Crippen LogP) is 0.533. The van der Waals surface area contributed by atoms with Crippen LogP contribution in [0.1, 0.15) is 38.7 Å². The van der Waals surface area contributed by atoms with Gasteiger partial charge in [-0.25, -0.2) is 0 Å². The lowest BCUT2D eigenvalue weighted by Gasteiger charge is -2.37. The number of carbonyl (C=O) groups excluding carboxylic acids is 3. The van der Waals surface area contributed by atoms with E-state index in [1.165, 1.54) is 0 Å². The van der Waals surface area contributed by atoms with Crippen LogP contribution in [0.15, 0.2) is 30.3 Å². The molecule has 2 unspecified atom stereocenters. The second-order valence-corrected chi connectivity index (χ2v) is 11.7. The van der Waals surface area contributed by atoms with E-state index < -0.39 is 35.6 Å². The lowest BCUT2D eigenvalue weighted by atomic mass is 9.70. The Morgan fingerprint density at radius 1 is 1.13 bits per heavy atom. The number of likely N-dealkylation sites (tertiary alicyclic amines) is 1. The zero-order chi connectivity index (χ0) is 27.6. The van der Waals surface area contributed by atoms with E-state index >= 15 is 0 Å². The first kappa shape index (κ1) is 28.0. The quantitative estimate of drug-likeness (QED) is 0.373. The molecule has 4 heterocycles. The predicted molar refractivity (Wildman–Crippen MR) is 143 cm³/mol. The molecule has 3 amide bonds. The molecule has 10 nitrogen and oxygen atoms in total. The molecular weight excluding hydrogens is 500 g/mol. The third-order valence-corrected chi connectivity index (χ3v) is 8.78. The Kier molecular flexibility index (Phi) is 8.56. The highest BCUT2D eigenvalue weighted by Gasteiger charge is 2.75. The van der Waals surface area contributed by atoms with Crippen LogP contribution < -0.4 is 10.6 Å². The van der Waals surface area contributed by atoms with Crippen LogP contribution in [0, 0.1) is 17.8 Å². The molecule has 10 heteroatoms. The Balaban J connectivity index is 1.37. The lowest BCUT2D eigenvalue weighted by molar-refractivity contribution is -0.146. The number of nitrogens with zero attached hydrogens (tertiary/aromatic N) is 2. The molecule has 0 aliphatic carbocycles. The van der Waals surface area contributed by atoms with Crippen LogP contribution in [0.3, 0.4) is 0 Å². The third-order valence-electron chi connectivity index (χ3n) is 8.78. The highest BCUT2D eigenvalue weighted by Crippen LogP contribution is 2.58. The molecule has 3 N–H and O–H groups in total. The van der Waals surface area contributed by atoms with E-state index in [4.69, 9.17) is 9.47 Å². The molecule has 0 aromatic heterocycles. The average molecular weight is 543 g/mol. The summed E-state index contributed by atoms with van der Waals surface area (Å²) in [6.45, 7) is 8.30. The molecule has 0 radical (unpaired) electrons. The van der Waals surface area contributed by atoms with E-state index in [9.17, 15) is 19.5 Å². The number of hydrogen-bond donors (Lipinski definition) is 3. The van der Waals surface area contributed by atoms with Gasteiger partial charge in [0, 0.05) is 32.7 Å². The van der Waals surface area contributed by atoms with Crippen LogP contribution >= 0.6 is 0 Å². The van der Waals surface area contributed by atoms with E-state index in [1.54, 1.807) is 4.90 Å². The average Bonchev–Trinajstić information content (AvgIpc) is 3.59. The van der Waals surface area contributed by atoms with Crippen molar-refractivity contribution in [3.05, 3.63) is 35.9 Å². The molecule has 4 aliphatic heterocycles. The monoisotopic (exact) mass is 542 g/mol. The first-order chi connectivity index (χ1) is 18.9. The Morgan fingerprint density at radius 2 is 1.87 bits per heavy atom. The molecule has 214 valence electrons. The van der Waals surface area contributed by atoms with Crippen LogP contribution in [-0.4, -0.2) is 102 Å². The highest BCUT2D eigenvalue weighted by molar-refractivity contribution is 5.99. The van der Waals surface area contributed by atoms with Crippen molar-refractivity contribution in [3.8, 4) is 0 Å². The van der Waals surface area contributed by atoms with Gasteiger partial charge in [0.25, 0.3) is 0 Å². The molecule has 2 bridgehead atoms. The van der Waals surface area contributed by atoms with Crippen molar-refractivity contribution in [1.82, 2.24) is 20.4 Å². The van der Waals surface area contributed by atoms with Gasteiger partial charge in [-0.05, 0) is 30.7 Å². The largest absolute Gasteiger partial charge is 0.394 e. The number of morpholine rings is 1. The standard InChI is InChI=1S/C29H42N4O6/c1-19(2)16-21(18-34)33-25(27(36)30-10-11-32-12-14-38-15-13-32)29-9-8-22(39-29)23(24(29)28(33)37)26(35)31-17-20-6-4-3-5-7-20/h3-7,19,21-25,34H,8-18H2,1-2H3,(H,30,36)(H,31,35)/t21-,22-,23+,24+,25?,29?/m1/s1. The molecular formula is C29H42N4O6. The summed E-state index contributed by atoms with van der Waals surface area (Å²) in [4.78, 5) is 45.3. The number of fused-ring (bicyclic) bond motifs is 1. The number of ether oxygens (including phenoxy) is 2. The normalized spacial score (nSPS) is 31.0. The molecule has 4 saturated heterocycles. The molecule has 4 fully saturated rings. The van der Waals surface area contributed by atoms with Gasteiger partial charge in [0.2, 0.25) is 17.7 Å².